The van der Waals surface area contributed by atoms with E-state index in [0.29, 0.717) is 6.04 Å². The van der Waals surface area contributed by atoms with E-state index in [4.69, 9.17) is 11.6 Å². The predicted octanol–water partition coefficient (Wildman–Crippen LogP) is 4.52. The van der Waals surface area contributed by atoms with Gasteiger partial charge in [-0.15, -0.1) is 0 Å². The molecule has 1 N–H and O–H groups in total. The Hall–Kier alpha value is -1.48. The van der Waals surface area contributed by atoms with Gasteiger partial charge in [0.15, 0.2) is 0 Å². The van der Waals surface area contributed by atoms with Crippen molar-refractivity contribution in [3.05, 3.63) is 41.7 Å². The lowest BCUT2D eigenvalue weighted by Crippen LogP contribution is -2.17. The van der Waals surface area contributed by atoms with Crippen LogP contribution < -0.4 is 5.32 Å². The highest BCUT2D eigenvalue weighted by atomic mass is 35.5. The number of rotatable bonds is 4. The van der Waals surface area contributed by atoms with Crippen LogP contribution in [0.15, 0.2) is 36.7 Å². The Morgan fingerprint density at radius 2 is 2.25 bits per heavy atom. The summed E-state index contributed by atoms with van der Waals surface area (Å²) in [5.41, 5.74) is 2.02. The summed E-state index contributed by atoms with van der Waals surface area (Å²) in [6.45, 7) is 2.28. The Balaban J connectivity index is 1.85. The van der Waals surface area contributed by atoms with E-state index >= 15 is 0 Å². The second-order valence-corrected chi connectivity index (χ2v) is 5.92. The van der Waals surface area contributed by atoms with Gasteiger partial charge in [-0.2, -0.15) is 5.10 Å². The summed E-state index contributed by atoms with van der Waals surface area (Å²) in [6, 6.07) is 8.45. The lowest BCUT2D eigenvalue weighted by Gasteiger charge is -2.18. The van der Waals surface area contributed by atoms with Gasteiger partial charge in [0.05, 0.1) is 10.7 Å². The molecule has 3 rings (SSSR count). The van der Waals surface area contributed by atoms with E-state index in [0.717, 1.165) is 22.3 Å². The Kier molecular flexibility index (Phi) is 3.97. The molecular weight excluding hydrogens is 270 g/mol. The van der Waals surface area contributed by atoms with Crippen molar-refractivity contribution in [1.29, 1.82) is 0 Å². The average Bonchev–Trinajstić information content (AvgIpc) is 3.10. The fourth-order valence-electron chi connectivity index (χ4n) is 3.06. The number of nitrogens with one attached hydrogen (secondary N) is 1. The number of halogens is 1. The first-order valence-electron chi connectivity index (χ1n) is 7.33. The van der Waals surface area contributed by atoms with Gasteiger partial charge in [-0.25, -0.2) is 4.68 Å². The molecule has 2 unspecified atom stereocenters. The topological polar surface area (TPSA) is 29.9 Å². The Morgan fingerprint density at radius 3 is 2.95 bits per heavy atom. The predicted molar refractivity (Wildman–Crippen MR) is 83.6 cm³/mol. The number of para-hydroxylation sites is 1. The van der Waals surface area contributed by atoms with Crippen LogP contribution in [-0.2, 0) is 0 Å². The maximum Gasteiger partial charge on any atom is 0.106 e. The van der Waals surface area contributed by atoms with Gasteiger partial charge in [-0.3, -0.25) is 0 Å². The second kappa shape index (κ2) is 5.88. The standard InChI is InChI=1S/C16H20ClN3/c1-2-12-7-8-13(11-12)19-15-6-3-5-14(17)16(15)20-10-4-9-18-20/h3-6,9-10,12-13,19H,2,7-8,11H2,1H3. The molecule has 0 saturated heterocycles. The molecule has 106 valence electrons. The zero-order valence-corrected chi connectivity index (χ0v) is 12.5. The van der Waals surface area contributed by atoms with E-state index in [1.165, 1.54) is 25.7 Å². The highest BCUT2D eigenvalue weighted by molar-refractivity contribution is 6.33. The number of aromatic nitrogens is 2. The molecule has 1 saturated carbocycles. The normalized spacial score (nSPS) is 22.1. The summed E-state index contributed by atoms with van der Waals surface area (Å²) in [5.74, 6) is 0.861. The first kappa shape index (κ1) is 13.5. The van der Waals surface area contributed by atoms with E-state index in [-0.39, 0.29) is 0 Å². The minimum atomic E-state index is 0.549. The van der Waals surface area contributed by atoms with Crippen LogP contribution in [0.2, 0.25) is 5.02 Å². The SMILES string of the molecule is CCC1CCC(Nc2cccc(Cl)c2-n2cccn2)C1. The van der Waals surface area contributed by atoms with Crippen molar-refractivity contribution in [1.82, 2.24) is 9.78 Å². The van der Waals surface area contributed by atoms with Crippen molar-refractivity contribution >= 4 is 17.3 Å². The molecule has 1 aromatic carbocycles. The van der Waals surface area contributed by atoms with Crippen molar-refractivity contribution in [2.24, 2.45) is 5.92 Å². The molecule has 1 aliphatic carbocycles. The quantitative estimate of drug-likeness (QED) is 0.897. The first-order valence-corrected chi connectivity index (χ1v) is 7.70. The van der Waals surface area contributed by atoms with Crippen molar-refractivity contribution in [3.8, 4) is 5.69 Å². The molecule has 3 nitrogen and oxygen atoms in total. The summed E-state index contributed by atoms with van der Waals surface area (Å²) in [7, 11) is 0. The van der Waals surface area contributed by atoms with Crippen LogP contribution in [0.4, 0.5) is 5.69 Å². The maximum absolute atomic E-state index is 6.36. The third kappa shape index (κ3) is 2.68. The maximum atomic E-state index is 6.36. The van der Waals surface area contributed by atoms with Crippen molar-refractivity contribution in [2.75, 3.05) is 5.32 Å². The number of nitrogens with zero attached hydrogens (tertiary/aromatic N) is 2. The van der Waals surface area contributed by atoms with Gasteiger partial charge in [-0.05, 0) is 43.4 Å². The Labute approximate surface area is 124 Å². The molecule has 1 heterocycles. The summed E-state index contributed by atoms with van der Waals surface area (Å²) < 4.78 is 1.83. The third-order valence-electron chi connectivity index (χ3n) is 4.20. The fourth-order valence-corrected chi connectivity index (χ4v) is 3.32. The molecule has 0 bridgehead atoms. The minimum absolute atomic E-state index is 0.549. The van der Waals surface area contributed by atoms with Crippen LogP contribution >= 0.6 is 11.6 Å². The summed E-state index contributed by atoms with van der Waals surface area (Å²) in [5, 5.41) is 8.69. The van der Waals surface area contributed by atoms with Gasteiger partial charge < -0.3 is 5.32 Å². The lowest BCUT2D eigenvalue weighted by atomic mass is 10.1. The number of hydrogen-bond donors (Lipinski definition) is 1. The molecule has 1 aromatic heterocycles. The van der Waals surface area contributed by atoms with Crippen LogP contribution in [0.5, 0.6) is 0 Å². The molecule has 2 aromatic rings. The van der Waals surface area contributed by atoms with Gasteiger partial charge in [0.2, 0.25) is 0 Å². The van der Waals surface area contributed by atoms with Gasteiger partial charge in [-0.1, -0.05) is 31.0 Å². The van der Waals surface area contributed by atoms with Crippen LogP contribution in [0.25, 0.3) is 5.69 Å². The zero-order valence-electron chi connectivity index (χ0n) is 11.7. The largest absolute Gasteiger partial charge is 0.381 e. The van der Waals surface area contributed by atoms with E-state index < -0.39 is 0 Å². The number of anilines is 1. The molecule has 4 heteroatoms. The average molecular weight is 290 g/mol. The summed E-state index contributed by atoms with van der Waals surface area (Å²) in [6.07, 6.45) is 8.79. The highest BCUT2D eigenvalue weighted by Crippen LogP contribution is 2.33. The van der Waals surface area contributed by atoms with E-state index in [1.807, 2.05) is 29.1 Å². The molecule has 1 fully saturated rings. The summed E-state index contributed by atoms with van der Waals surface area (Å²) >= 11 is 6.36. The van der Waals surface area contributed by atoms with Crippen molar-refractivity contribution in [3.63, 3.8) is 0 Å². The lowest BCUT2D eigenvalue weighted by molar-refractivity contribution is 0.525. The van der Waals surface area contributed by atoms with Gasteiger partial charge in [0, 0.05) is 18.4 Å². The Morgan fingerprint density at radius 1 is 1.35 bits per heavy atom. The molecular formula is C16H20ClN3. The molecule has 0 radical (unpaired) electrons. The molecule has 0 spiro atoms. The molecule has 0 amide bonds. The molecule has 20 heavy (non-hydrogen) atoms. The van der Waals surface area contributed by atoms with Crippen LogP contribution in [-0.4, -0.2) is 15.8 Å². The molecule has 2 atom stereocenters. The fraction of sp³-hybridized carbons (Fsp3) is 0.438. The highest BCUT2D eigenvalue weighted by Gasteiger charge is 2.24. The molecule has 1 aliphatic rings. The van der Waals surface area contributed by atoms with Crippen molar-refractivity contribution < 1.29 is 0 Å². The Bertz CT molecular complexity index is 565. The third-order valence-corrected chi connectivity index (χ3v) is 4.50. The smallest absolute Gasteiger partial charge is 0.106 e. The molecule has 0 aliphatic heterocycles. The minimum Gasteiger partial charge on any atom is -0.381 e. The van der Waals surface area contributed by atoms with E-state index in [9.17, 15) is 0 Å². The van der Waals surface area contributed by atoms with E-state index in [2.05, 4.69) is 23.4 Å². The van der Waals surface area contributed by atoms with Gasteiger partial charge in [0.1, 0.15) is 5.69 Å². The van der Waals surface area contributed by atoms with E-state index in [1.54, 1.807) is 6.20 Å². The van der Waals surface area contributed by atoms with Crippen LogP contribution in [0.1, 0.15) is 32.6 Å². The second-order valence-electron chi connectivity index (χ2n) is 5.52. The van der Waals surface area contributed by atoms with Crippen LogP contribution in [0.3, 0.4) is 0 Å². The summed E-state index contributed by atoms with van der Waals surface area (Å²) in [4.78, 5) is 0. The number of benzene rings is 1. The monoisotopic (exact) mass is 289 g/mol. The van der Waals surface area contributed by atoms with Crippen LogP contribution in [0, 0.1) is 5.92 Å². The van der Waals surface area contributed by atoms with Gasteiger partial charge >= 0.3 is 0 Å². The zero-order chi connectivity index (χ0) is 13.9. The number of hydrogen-bond acceptors (Lipinski definition) is 2. The van der Waals surface area contributed by atoms with Gasteiger partial charge in [0.25, 0.3) is 0 Å². The van der Waals surface area contributed by atoms with Crippen molar-refractivity contribution in [2.45, 2.75) is 38.6 Å². The first-order chi connectivity index (χ1) is 9.78.